The second kappa shape index (κ2) is 6.11. The average molecular weight is 453 g/mol. The van der Waals surface area contributed by atoms with Crippen LogP contribution in [-0.2, 0) is 0 Å². The fraction of sp³-hybridized carbons (Fsp3) is 0. The number of halogens is 2. The highest BCUT2D eigenvalue weighted by atomic mass is 127. The quantitative estimate of drug-likeness (QED) is 0.564. The van der Waals surface area contributed by atoms with Crippen molar-refractivity contribution in [3.8, 4) is 0 Å². The van der Waals surface area contributed by atoms with E-state index in [0.29, 0.717) is 11.4 Å². The van der Waals surface area contributed by atoms with Crippen molar-refractivity contribution in [3.05, 3.63) is 68.3 Å². The molecule has 21 heavy (non-hydrogen) atoms. The molecule has 1 heterocycles. The molecule has 0 atom stereocenters. The van der Waals surface area contributed by atoms with Crippen molar-refractivity contribution in [3.63, 3.8) is 0 Å². The summed E-state index contributed by atoms with van der Waals surface area (Å²) in [5, 5.41) is 4.75. The number of fused-ring (bicyclic) bond motifs is 1. The maximum absolute atomic E-state index is 12.5. The van der Waals surface area contributed by atoms with E-state index in [4.69, 9.17) is 0 Å². The smallest absolute Gasteiger partial charge is 0.257 e. The second-order valence-electron chi connectivity index (χ2n) is 4.46. The fourth-order valence-corrected chi connectivity index (χ4v) is 2.92. The molecule has 2 aromatic carbocycles. The van der Waals surface area contributed by atoms with Crippen molar-refractivity contribution in [2.75, 3.05) is 5.32 Å². The summed E-state index contributed by atoms with van der Waals surface area (Å²) in [6, 6.07) is 15.2. The SMILES string of the molecule is O=C(Nc1ccc(I)cn1)c1cccc2c(Br)cccc12. The molecule has 1 amide bonds. The highest BCUT2D eigenvalue weighted by Crippen LogP contribution is 2.26. The van der Waals surface area contributed by atoms with Crippen molar-refractivity contribution in [1.29, 1.82) is 0 Å². The minimum atomic E-state index is -0.160. The average Bonchev–Trinajstić information content (AvgIpc) is 2.49. The van der Waals surface area contributed by atoms with E-state index in [0.717, 1.165) is 18.8 Å². The molecule has 0 aliphatic heterocycles. The largest absolute Gasteiger partial charge is 0.307 e. The van der Waals surface area contributed by atoms with E-state index in [9.17, 15) is 4.79 Å². The van der Waals surface area contributed by atoms with E-state index in [1.165, 1.54) is 0 Å². The van der Waals surface area contributed by atoms with Crippen LogP contribution in [0.1, 0.15) is 10.4 Å². The van der Waals surface area contributed by atoms with Crippen molar-refractivity contribution in [2.45, 2.75) is 0 Å². The zero-order chi connectivity index (χ0) is 14.8. The van der Waals surface area contributed by atoms with Crippen LogP contribution in [0.5, 0.6) is 0 Å². The summed E-state index contributed by atoms with van der Waals surface area (Å²) >= 11 is 5.69. The first kappa shape index (κ1) is 14.5. The van der Waals surface area contributed by atoms with E-state index >= 15 is 0 Å². The standard InChI is InChI=1S/C16H10BrIN2O/c17-14-6-2-3-11-12(14)4-1-5-13(11)16(21)20-15-8-7-10(18)9-19-15/h1-9H,(H,19,20,21). The molecule has 5 heteroatoms. The summed E-state index contributed by atoms with van der Waals surface area (Å²) < 4.78 is 2.00. The fourth-order valence-electron chi connectivity index (χ4n) is 2.10. The number of carbonyl (C=O) groups is 1. The molecule has 1 aromatic heterocycles. The molecule has 3 rings (SSSR count). The normalized spacial score (nSPS) is 10.6. The molecule has 0 radical (unpaired) electrons. The summed E-state index contributed by atoms with van der Waals surface area (Å²) in [5.41, 5.74) is 0.633. The molecule has 0 aliphatic carbocycles. The van der Waals surface area contributed by atoms with Crippen LogP contribution < -0.4 is 5.32 Å². The minimum absolute atomic E-state index is 0.160. The van der Waals surface area contributed by atoms with Crippen LogP contribution in [0.25, 0.3) is 10.8 Å². The number of rotatable bonds is 2. The number of pyridine rings is 1. The number of hydrogen-bond acceptors (Lipinski definition) is 2. The van der Waals surface area contributed by atoms with Crippen LogP contribution >= 0.6 is 38.5 Å². The molecule has 0 aliphatic rings. The lowest BCUT2D eigenvalue weighted by Crippen LogP contribution is -2.13. The van der Waals surface area contributed by atoms with Gasteiger partial charge in [-0.15, -0.1) is 0 Å². The third kappa shape index (κ3) is 3.08. The summed E-state index contributed by atoms with van der Waals surface area (Å²) in [6.07, 6.45) is 1.72. The van der Waals surface area contributed by atoms with Gasteiger partial charge in [-0.25, -0.2) is 4.98 Å². The lowest BCUT2D eigenvalue weighted by molar-refractivity contribution is 0.102. The van der Waals surface area contributed by atoms with Gasteiger partial charge >= 0.3 is 0 Å². The van der Waals surface area contributed by atoms with Gasteiger partial charge in [-0.1, -0.05) is 40.2 Å². The molecule has 0 spiro atoms. The molecule has 3 nitrogen and oxygen atoms in total. The summed E-state index contributed by atoms with van der Waals surface area (Å²) in [5.74, 6) is 0.389. The lowest BCUT2D eigenvalue weighted by atomic mass is 10.0. The Bertz CT molecular complexity index is 818. The van der Waals surface area contributed by atoms with Crippen molar-refractivity contribution in [1.82, 2.24) is 4.98 Å². The molecule has 0 unspecified atom stereocenters. The molecule has 3 aromatic rings. The van der Waals surface area contributed by atoms with Gasteiger partial charge in [-0.05, 0) is 57.6 Å². The zero-order valence-corrected chi connectivity index (χ0v) is 14.6. The van der Waals surface area contributed by atoms with Gasteiger partial charge < -0.3 is 5.32 Å². The van der Waals surface area contributed by atoms with E-state index < -0.39 is 0 Å². The van der Waals surface area contributed by atoms with E-state index in [1.807, 2.05) is 42.5 Å². The van der Waals surface area contributed by atoms with Gasteiger partial charge in [-0.3, -0.25) is 4.79 Å². The maximum atomic E-state index is 12.5. The predicted molar refractivity (Wildman–Crippen MR) is 96.6 cm³/mol. The number of benzene rings is 2. The Kier molecular flexibility index (Phi) is 4.21. The third-order valence-corrected chi connectivity index (χ3v) is 4.41. The van der Waals surface area contributed by atoms with Crippen molar-refractivity contribution in [2.24, 2.45) is 0 Å². The number of carbonyl (C=O) groups excluding carboxylic acids is 1. The van der Waals surface area contributed by atoms with Gasteiger partial charge in [0.25, 0.3) is 5.91 Å². The summed E-state index contributed by atoms with van der Waals surface area (Å²) in [7, 11) is 0. The van der Waals surface area contributed by atoms with Gasteiger partial charge in [0, 0.05) is 19.8 Å². The topological polar surface area (TPSA) is 42.0 Å². The minimum Gasteiger partial charge on any atom is -0.307 e. The van der Waals surface area contributed by atoms with Crippen LogP contribution in [0.3, 0.4) is 0 Å². The van der Waals surface area contributed by atoms with E-state index in [1.54, 1.807) is 12.3 Å². The van der Waals surface area contributed by atoms with Crippen LogP contribution in [0.4, 0.5) is 5.82 Å². The number of aromatic nitrogens is 1. The predicted octanol–water partition coefficient (Wildman–Crippen LogP) is 4.85. The number of hydrogen-bond donors (Lipinski definition) is 1. The van der Waals surface area contributed by atoms with E-state index in [-0.39, 0.29) is 5.91 Å². The Hall–Kier alpha value is -1.47. The summed E-state index contributed by atoms with van der Waals surface area (Å²) in [4.78, 5) is 16.6. The lowest BCUT2D eigenvalue weighted by Gasteiger charge is -2.08. The van der Waals surface area contributed by atoms with Gasteiger partial charge in [-0.2, -0.15) is 0 Å². The molecule has 104 valence electrons. The third-order valence-electron chi connectivity index (χ3n) is 3.08. The van der Waals surface area contributed by atoms with Gasteiger partial charge in [0.2, 0.25) is 0 Å². The molecule has 0 saturated heterocycles. The Morgan fingerprint density at radius 1 is 1.05 bits per heavy atom. The number of amides is 1. The Morgan fingerprint density at radius 2 is 1.81 bits per heavy atom. The maximum Gasteiger partial charge on any atom is 0.257 e. The monoisotopic (exact) mass is 452 g/mol. The van der Waals surface area contributed by atoms with Gasteiger partial charge in [0.05, 0.1) is 0 Å². The van der Waals surface area contributed by atoms with Crippen molar-refractivity contribution < 1.29 is 4.79 Å². The molecule has 0 saturated carbocycles. The van der Waals surface area contributed by atoms with Crippen LogP contribution in [0.15, 0.2) is 59.2 Å². The Morgan fingerprint density at radius 3 is 2.57 bits per heavy atom. The van der Waals surface area contributed by atoms with Crippen LogP contribution in [0, 0.1) is 3.57 Å². The van der Waals surface area contributed by atoms with Crippen molar-refractivity contribution >= 4 is 61.0 Å². The molecule has 0 bridgehead atoms. The number of nitrogens with one attached hydrogen (secondary N) is 1. The van der Waals surface area contributed by atoms with Crippen LogP contribution in [-0.4, -0.2) is 10.9 Å². The highest BCUT2D eigenvalue weighted by Gasteiger charge is 2.11. The molecular weight excluding hydrogens is 443 g/mol. The van der Waals surface area contributed by atoms with Gasteiger partial charge in [0.1, 0.15) is 5.82 Å². The molecular formula is C16H10BrIN2O. The zero-order valence-electron chi connectivity index (χ0n) is 10.8. The molecule has 0 fully saturated rings. The molecule has 1 N–H and O–H groups in total. The first-order chi connectivity index (χ1) is 10.1. The second-order valence-corrected chi connectivity index (χ2v) is 6.56. The number of anilines is 1. The highest BCUT2D eigenvalue weighted by molar-refractivity contribution is 14.1. The van der Waals surface area contributed by atoms with Gasteiger partial charge in [0.15, 0.2) is 0 Å². The van der Waals surface area contributed by atoms with E-state index in [2.05, 4.69) is 48.8 Å². The Balaban J connectivity index is 1.98. The van der Waals surface area contributed by atoms with Crippen LogP contribution in [0.2, 0.25) is 0 Å². The number of nitrogens with zero attached hydrogens (tertiary/aromatic N) is 1. The Labute approximate surface area is 144 Å². The first-order valence-corrected chi connectivity index (χ1v) is 8.12. The first-order valence-electron chi connectivity index (χ1n) is 6.25. The summed E-state index contributed by atoms with van der Waals surface area (Å²) in [6.45, 7) is 0.